The maximum Gasteiger partial charge on any atom is 0.325 e. The van der Waals surface area contributed by atoms with Crippen LogP contribution < -0.4 is 0 Å². The van der Waals surface area contributed by atoms with Crippen LogP contribution in [0.4, 0.5) is 0 Å². The Morgan fingerprint density at radius 1 is 1.40 bits per heavy atom. The van der Waals surface area contributed by atoms with Crippen LogP contribution in [0, 0.1) is 0 Å². The molecule has 4 nitrogen and oxygen atoms in total. The Morgan fingerprint density at radius 2 is 1.90 bits per heavy atom. The van der Waals surface area contributed by atoms with Gasteiger partial charge in [0, 0.05) is 6.54 Å². The Kier molecular flexibility index (Phi) is 4.86. The van der Waals surface area contributed by atoms with Crippen LogP contribution in [0.3, 0.4) is 0 Å². The second-order valence-electron chi connectivity index (χ2n) is 1.77. The third-order valence-corrected chi connectivity index (χ3v) is 2.01. The van der Waals surface area contributed by atoms with E-state index in [1.165, 1.54) is 0 Å². The Morgan fingerprint density at radius 3 is 2.20 bits per heavy atom. The largest absolute Gasteiger partial charge is 0.325 e. The van der Waals surface area contributed by atoms with Gasteiger partial charge in [-0.05, 0) is 30.0 Å². The van der Waals surface area contributed by atoms with E-state index in [-0.39, 0.29) is 19.1 Å². The Hall–Kier alpha value is 0.690. The molecular formula is C3H8Cl2NO3P. The molecule has 10 heavy (non-hydrogen) atoms. The van der Waals surface area contributed by atoms with Crippen molar-refractivity contribution in [2.75, 3.05) is 12.7 Å². The number of nitrogens with zero attached hydrogens (tertiary/aromatic N) is 1. The van der Waals surface area contributed by atoms with E-state index in [4.69, 9.17) is 33.3 Å². The van der Waals surface area contributed by atoms with Crippen LogP contribution in [0.5, 0.6) is 0 Å². The molecule has 0 rings (SSSR count). The topological polar surface area (TPSA) is 60.8 Å². The summed E-state index contributed by atoms with van der Waals surface area (Å²) in [5.41, 5.74) is 0. The summed E-state index contributed by atoms with van der Waals surface area (Å²) in [6.45, 7) is 0.258. The third kappa shape index (κ3) is 8.69. The molecule has 62 valence electrons. The number of rotatable bonds is 4. The summed E-state index contributed by atoms with van der Waals surface area (Å²) in [5.74, 6) is 0. The van der Waals surface area contributed by atoms with Crippen LogP contribution in [-0.2, 0) is 4.57 Å². The molecule has 0 atom stereocenters. The van der Waals surface area contributed by atoms with Crippen molar-refractivity contribution in [3.05, 3.63) is 0 Å². The van der Waals surface area contributed by atoms with E-state index in [1.54, 1.807) is 0 Å². The second-order valence-corrected chi connectivity index (χ2v) is 4.53. The van der Waals surface area contributed by atoms with Gasteiger partial charge >= 0.3 is 7.60 Å². The third-order valence-electron chi connectivity index (χ3n) is 0.777. The Balaban J connectivity index is 3.30. The molecule has 0 aliphatic heterocycles. The standard InChI is InChI=1S/C3H8Cl2NO3P/c4-6(5)2-1-3-10(7,8)9/h1-3H2,(H2,7,8,9). The maximum atomic E-state index is 10.2. The lowest BCUT2D eigenvalue weighted by atomic mass is 10.5. The SMILES string of the molecule is O=P(O)(O)CCCN(Cl)Cl. The predicted octanol–water partition coefficient (Wildman–Crippen LogP) is 1.16. The van der Waals surface area contributed by atoms with Gasteiger partial charge in [0.05, 0.1) is 6.16 Å². The second kappa shape index (κ2) is 4.54. The van der Waals surface area contributed by atoms with E-state index in [0.29, 0.717) is 0 Å². The Bertz CT molecular complexity index is 136. The van der Waals surface area contributed by atoms with Crippen LogP contribution >= 0.6 is 31.1 Å². The highest BCUT2D eigenvalue weighted by Crippen LogP contribution is 2.34. The summed E-state index contributed by atoms with van der Waals surface area (Å²) in [6, 6.07) is 0. The summed E-state index contributed by atoms with van der Waals surface area (Å²) in [4.78, 5) is 16.7. The van der Waals surface area contributed by atoms with Gasteiger partial charge in [-0.1, -0.05) is 0 Å². The summed E-state index contributed by atoms with van der Waals surface area (Å²) in [7, 11) is -3.87. The van der Waals surface area contributed by atoms with Crippen molar-refractivity contribution in [1.29, 1.82) is 0 Å². The van der Waals surface area contributed by atoms with Crippen molar-refractivity contribution in [3.8, 4) is 0 Å². The van der Waals surface area contributed by atoms with Crippen molar-refractivity contribution in [2.24, 2.45) is 0 Å². The van der Waals surface area contributed by atoms with Crippen molar-refractivity contribution >= 4 is 31.1 Å². The minimum absolute atomic E-state index is 0.178. The zero-order valence-corrected chi connectivity index (χ0v) is 7.48. The molecule has 0 aliphatic carbocycles. The van der Waals surface area contributed by atoms with Gasteiger partial charge < -0.3 is 9.79 Å². The van der Waals surface area contributed by atoms with E-state index in [9.17, 15) is 4.57 Å². The molecule has 0 aliphatic rings. The lowest BCUT2D eigenvalue weighted by Gasteiger charge is -2.04. The molecule has 0 saturated heterocycles. The lowest BCUT2D eigenvalue weighted by Crippen LogP contribution is -2.02. The average Bonchev–Trinajstić information content (AvgIpc) is 1.59. The van der Waals surface area contributed by atoms with Gasteiger partial charge in [0.15, 0.2) is 0 Å². The molecule has 0 saturated carbocycles. The fourth-order valence-electron chi connectivity index (χ4n) is 0.396. The van der Waals surface area contributed by atoms with E-state index < -0.39 is 7.60 Å². The summed E-state index contributed by atoms with van der Waals surface area (Å²) >= 11 is 10.3. The fourth-order valence-corrected chi connectivity index (χ4v) is 1.19. The number of hydrogen-bond acceptors (Lipinski definition) is 2. The molecular weight excluding hydrogens is 200 g/mol. The molecule has 0 fully saturated rings. The quantitative estimate of drug-likeness (QED) is 0.537. The predicted molar refractivity (Wildman–Crippen MR) is 39.9 cm³/mol. The Labute approximate surface area is 69.1 Å². The molecule has 2 N–H and O–H groups in total. The van der Waals surface area contributed by atoms with E-state index >= 15 is 0 Å². The fraction of sp³-hybridized carbons (Fsp3) is 1.00. The van der Waals surface area contributed by atoms with Crippen LogP contribution in [0.15, 0.2) is 0 Å². The zero-order chi connectivity index (χ0) is 8.20. The molecule has 7 heteroatoms. The monoisotopic (exact) mass is 207 g/mol. The number of hydrogen-bond donors (Lipinski definition) is 2. The molecule has 0 unspecified atom stereocenters. The van der Waals surface area contributed by atoms with E-state index in [1.807, 2.05) is 0 Å². The normalized spacial score (nSPS) is 12.5. The van der Waals surface area contributed by atoms with Gasteiger partial charge in [0.1, 0.15) is 0 Å². The van der Waals surface area contributed by atoms with Crippen molar-refractivity contribution in [1.82, 2.24) is 3.94 Å². The highest BCUT2D eigenvalue weighted by molar-refractivity contribution is 7.51. The molecule has 0 radical (unpaired) electrons. The van der Waals surface area contributed by atoms with Gasteiger partial charge in [-0.2, -0.15) is 0 Å². The van der Waals surface area contributed by atoms with Crippen molar-refractivity contribution in [2.45, 2.75) is 6.42 Å². The lowest BCUT2D eigenvalue weighted by molar-refractivity contribution is 0.370. The first-order valence-electron chi connectivity index (χ1n) is 2.55. The molecule has 0 spiro atoms. The average molecular weight is 208 g/mol. The van der Waals surface area contributed by atoms with Gasteiger partial charge in [-0.15, -0.1) is 3.94 Å². The van der Waals surface area contributed by atoms with Crippen molar-refractivity contribution < 1.29 is 14.4 Å². The van der Waals surface area contributed by atoms with Crippen LogP contribution in [0.25, 0.3) is 0 Å². The van der Waals surface area contributed by atoms with Gasteiger partial charge in [-0.25, -0.2) is 0 Å². The maximum absolute atomic E-state index is 10.2. The molecule has 0 amide bonds. The smallest absolute Gasteiger partial charge is 0.324 e. The molecule has 0 aromatic carbocycles. The first kappa shape index (κ1) is 10.7. The highest BCUT2D eigenvalue weighted by atomic mass is 35.5. The molecule has 0 bridgehead atoms. The van der Waals surface area contributed by atoms with Gasteiger partial charge in [0.25, 0.3) is 0 Å². The summed E-state index contributed by atoms with van der Waals surface area (Å²) < 4.78 is 11.0. The molecule has 0 heterocycles. The first-order valence-corrected chi connectivity index (χ1v) is 5.03. The zero-order valence-electron chi connectivity index (χ0n) is 5.07. The van der Waals surface area contributed by atoms with Gasteiger partial charge in [0.2, 0.25) is 0 Å². The summed E-state index contributed by atoms with van der Waals surface area (Å²) in [6.07, 6.45) is 0.111. The van der Waals surface area contributed by atoms with Gasteiger partial charge in [-0.3, -0.25) is 4.57 Å². The number of halogens is 2. The van der Waals surface area contributed by atoms with E-state index in [2.05, 4.69) is 0 Å². The van der Waals surface area contributed by atoms with Crippen LogP contribution in [0.1, 0.15) is 6.42 Å². The highest BCUT2D eigenvalue weighted by Gasteiger charge is 2.11. The minimum Gasteiger partial charge on any atom is -0.324 e. The van der Waals surface area contributed by atoms with Crippen LogP contribution in [0.2, 0.25) is 0 Å². The minimum atomic E-state index is -3.87. The van der Waals surface area contributed by atoms with Crippen LogP contribution in [-0.4, -0.2) is 26.4 Å². The van der Waals surface area contributed by atoms with Crippen molar-refractivity contribution in [3.63, 3.8) is 0 Å². The first-order chi connectivity index (χ1) is 4.42. The molecule has 0 aromatic rings. The molecule has 0 aromatic heterocycles. The summed E-state index contributed by atoms with van der Waals surface area (Å²) in [5, 5.41) is 0. The van der Waals surface area contributed by atoms with E-state index in [0.717, 1.165) is 3.94 Å².